The number of amides is 2. The third-order valence-corrected chi connectivity index (χ3v) is 5.55. The Morgan fingerprint density at radius 2 is 1.77 bits per heavy atom. The largest absolute Gasteiger partial charge is 0.492 e. The Hall–Kier alpha value is -2.73. The van der Waals surface area contributed by atoms with Crippen LogP contribution in [0.15, 0.2) is 48.5 Å². The van der Waals surface area contributed by atoms with Crippen LogP contribution in [0.4, 0.5) is 0 Å². The highest BCUT2D eigenvalue weighted by molar-refractivity contribution is 6.32. The summed E-state index contributed by atoms with van der Waals surface area (Å²) in [7, 11) is 0. The molecule has 0 spiro atoms. The van der Waals surface area contributed by atoms with E-state index in [0.29, 0.717) is 49.1 Å². The normalized spacial score (nSPS) is 14.2. The van der Waals surface area contributed by atoms with Gasteiger partial charge in [-0.1, -0.05) is 41.4 Å². The standard InChI is InChI=1S/C24H29ClN2O4/c1-18-8-10-20(11-9-18)31-17-24(29)27-14-12-19(13-15-27)26-23(28)7-4-16-30-22-6-3-2-5-21(22)25/h2-3,5-6,8-11,19H,4,7,12-17H2,1H3,(H,26,28). The number of rotatable bonds is 9. The van der Waals surface area contributed by atoms with E-state index in [1.54, 1.807) is 11.0 Å². The second kappa shape index (κ2) is 11.6. The summed E-state index contributed by atoms with van der Waals surface area (Å²) in [6.45, 7) is 3.72. The van der Waals surface area contributed by atoms with E-state index in [2.05, 4.69) is 5.32 Å². The van der Waals surface area contributed by atoms with E-state index in [-0.39, 0.29) is 24.5 Å². The van der Waals surface area contributed by atoms with Crippen LogP contribution in [-0.2, 0) is 9.59 Å². The van der Waals surface area contributed by atoms with Gasteiger partial charge < -0.3 is 19.7 Å². The first-order chi connectivity index (χ1) is 15.0. The molecule has 0 radical (unpaired) electrons. The van der Waals surface area contributed by atoms with Gasteiger partial charge in [0.1, 0.15) is 11.5 Å². The number of nitrogens with one attached hydrogen (secondary N) is 1. The van der Waals surface area contributed by atoms with Crippen molar-refractivity contribution in [2.24, 2.45) is 0 Å². The maximum absolute atomic E-state index is 12.4. The van der Waals surface area contributed by atoms with Crippen molar-refractivity contribution in [3.63, 3.8) is 0 Å². The van der Waals surface area contributed by atoms with Gasteiger partial charge >= 0.3 is 0 Å². The zero-order valence-corrected chi connectivity index (χ0v) is 18.6. The molecule has 0 unspecified atom stereocenters. The molecule has 2 aromatic rings. The third-order valence-electron chi connectivity index (χ3n) is 5.24. The summed E-state index contributed by atoms with van der Waals surface area (Å²) in [5.74, 6) is 1.31. The van der Waals surface area contributed by atoms with E-state index in [1.807, 2.05) is 49.4 Å². The van der Waals surface area contributed by atoms with Crippen molar-refractivity contribution in [3.05, 3.63) is 59.1 Å². The SMILES string of the molecule is Cc1ccc(OCC(=O)N2CCC(NC(=O)CCCOc3ccccc3Cl)CC2)cc1. The highest BCUT2D eigenvalue weighted by Gasteiger charge is 2.24. The number of aryl methyl sites for hydroxylation is 1. The first kappa shape index (κ1) is 22.9. The van der Waals surface area contributed by atoms with Gasteiger partial charge in [-0.15, -0.1) is 0 Å². The number of piperidine rings is 1. The van der Waals surface area contributed by atoms with Crippen LogP contribution in [0.2, 0.25) is 5.02 Å². The Balaban J connectivity index is 1.29. The number of nitrogens with zero attached hydrogens (tertiary/aromatic N) is 1. The van der Waals surface area contributed by atoms with Gasteiger partial charge in [-0.2, -0.15) is 0 Å². The van der Waals surface area contributed by atoms with E-state index in [9.17, 15) is 9.59 Å². The molecule has 0 saturated carbocycles. The second-order valence-corrected chi connectivity index (χ2v) is 8.11. The van der Waals surface area contributed by atoms with Crippen LogP contribution < -0.4 is 14.8 Å². The van der Waals surface area contributed by atoms with Crippen molar-refractivity contribution < 1.29 is 19.1 Å². The topological polar surface area (TPSA) is 67.9 Å². The first-order valence-electron chi connectivity index (χ1n) is 10.6. The molecule has 2 aromatic carbocycles. The zero-order chi connectivity index (χ0) is 22.1. The number of hydrogen-bond donors (Lipinski definition) is 1. The van der Waals surface area contributed by atoms with E-state index in [1.165, 1.54) is 0 Å². The van der Waals surface area contributed by atoms with Crippen molar-refractivity contribution in [2.45, 2.75) is 38.6 Å². The number of benzene rings is 2. The molecule has 0 atom stereocenters. The Morgan fingerprint density at radius 1 is 1.06 bits per heavy atom. The fraction of sp³-hybridized carbons (Fsp3) is 0.417. The van der Waals surface area contributed by atoms with E-state index in [4.69, 9.17) is 21.1 Å². The fourth-order valence-electron chi connectivity index (χ4n) is 3.42. The van der Waals surface area contributed by atoms with Gasteiger partial charge in [0.25, 0.3) is 5.91 Å². The average molecular weight is 445 g/mol. The molecule has 1 N–H and O–H groups in total. The number of halogens is 1. The smallest absolute Gasteiger partial charge is 0.260 e. The minimum Gasteiger partial charge on any atom is -0.492 e. The summed E-state index contributed by atoms with van der Waals surface area (Å²) in [5, 5.41) is 3.63. The number of carbonyl (C=O) groups is 2. The van der Waals surface area contributed by atoms with Crippen LogP contribution in [0.25, 0.3) is 0 Å². The minimum absolute atomic E-state index is 0.00948. The number of hydrogen-bond acceptors (Lipinski definition) is 4. The van der Waals surface area contributed by atoms with Gasteiger partial charge in [0, 0.05) is 25.6 Å². The van der Waals surface area contributed by atoms with Crippen LogP contribution in [-0.4, -0.2) is 49.1 Å². The summed E-state index contributed by atoms with van der Waals surface area (Å²) in [4.78, 5) is 26.4. The number of para-hydroxylation sites is 1. The van der Waals surface area contributed by atoms with Crippen LogP contribution in [0.5, 0.6) is 11.5 Å². The maximum atomic E-state index is 12.4. The molecule has 31 heavy (non-hydrogen) atoms. The van der Waals surface area contributed by atoms with E-state index < -0.39 is 0 Å². The summed E-state index contributed by atoms with van der Waals surface area (Å²) >= 11 is 6.05. The van der Waals surface area contributed by atoms with Crippen molar-refractivity contribution in [3.8, 4) is 11.5 Å². The van der Waals surface area contributed by atoms with Crippen LogP contribution in [0, 0.1) is 6.92 Å². The first-order valence-corrected chi connectivity index (χ1v) is 11.0. The predicted molar refractivity (Wildman–Crippen MR) is 121 cm³/mol. The minimum atomic E-state index is -0.0259. The summed E-state index contributed by atoms with van der Waals surface area (Å²) < 4.78 is 11.2. The van der Waals surface area contributed by atoms with Gasteiger partial charge in [-0.3, -0.25) is 9.59 Å². The predicted octanol–water partition coefficient (Wildman–Crippen LogP) is 3.99. The average Bonchev–Trinajstić information content (AvgIpc) is 2.78. The molecule has 1 fully saturated rings. The lowest BCUT2D eigenvalue weighted by molar-refractivity contribution is -0.134. The molecule has 1 aliphatic rings. The molecular weight excluding hydrogens is 416 g/mol. The Morgan fingerprint density at radius 3 is 2.48 bits per heavy atom. The molecule has 0 bridgehead atoms. The molecule has 3 rings (SSSR count). The van der Waals surface area contributed by atoms with Crippen molar-refractivity contribution in [2.75, 3.05) is 26.3 Å². The number of carbonyl (C=O) groups excluding carboxylic acids is 2. The van der Waals surface area contributed by atoms with Gasteiger partial charge in [-0.25, -0.2) is 0 Å². The number of ether oxygens (including phenoxy) is 2. The van der Waals surface area contributed by atoms with Crippen LogP contribution in [0.1, 0.15) is 31.2 Å². The monoisotopic (exact) mass is 444 g/mol. The van der Waals surface area contributed by atoms with Crippen molar-refractivity contribution in [1.82, 2.24) is 10.2 Å². The molecule has 0 aliphatic carbocycles. The third kappa shape index (κ3) is 7.47. The molecule has 1 saturated heterocycles. The highest BCUT2D eigenvalue weighted by Crippen LogP contribution is 2.23. The van der Waals surface area contributed by atoms with Crippen molar-refractivity contribution >= 4 is 23.4 Å². The Labute approximate surface area is 188 Å². The molecule has 2 amide bonds. The maximum Gasteiger partial charge on any atom is 0.260 e. The molecule has 6 nitrogen and oxygen atoms in total. The van der Waals surface area contributed by atoms with E-state index >= 15 is 0 Å². The Kier molecular flexibility index (Phi) is 8.59. The molecule has 166 valence electrons. The fourth-order valence-corrected chi connectivity index (χ4v) is 3.61. The summed E-state index contributed by atoms with van der Waals surface area (Å²) in [6, 6.07) is 15.0. The molecule has 1 heterocycles. The van der Waals surface area contributed by atoms with Gasteiger partial charge in [0.05, 0.1) is 11.6 Å². The Bertz CT molecular complexity index is 864. The highest BCUT2D eigenvalue weighted by atomic mass is 35.5. The lowest BCUT2D eigenvalue weighted by atomic mass is 10.0. The molecule has 7 heteroatoms. The van der Waals surface area contributed by atoms with Gasteiger partial charge in [0.2, 0.25) is 5.91 Å². The quantitative estimate of drug-likeness (QED) is 0.594. The van der Waals surface area contributed by atoms with Crippen LogP contribution >= 0.6 is 11.6 Å². The lowest BCUT2D eigenvalue weighted by Gasteiger charge is -2.32. The molecule has 0 aromatic heterocycles. The summed E-state index contributed by atoms with van der Waals surface area (Å²) in [5.41, 5.74) is 1.15. The summed E-state index contributed by atoms with van der Waals surface area (Å²) in [6.07, 6.45) is 2.51. The zero-order valence-electron chi connectivity index (χ0n) is 17.8. The van der Waals surface area contributed by atoms with E-state index in [0.717, 1.165) is 18.4 Å². The van der Waals surface area contributed by atoms with Crippen molar-refractivity contribution in [1.29, 1.82) is 0 Å². The van der Waals surface area contributed by atoms with Crippen LogP contribution in [0.3, 0.4) is 0 Å². The second-order valence-electron chi connectivity index (χ2n) is 7.71. The molecular formula is C24H29ClN2O4. The van der Waals surface area contributed by atoms with Gasteiger partial charge in [0.15, 0.2) is 6.61 Å². The lowest BCUT2D eigenvalue weighted by Crippen LogP contribution is -2.47. The number of likely N-dealkylation sites (tertiary alicyclic amines) is 1. The molecule has 1 aliphatic heterocycles. The van der Waals surface area contributed by atoms with Gasteiger partial charge in [-0.05, 0) is 50.5 Å².